The van der Waals surface area contributed by atoms with Crippen molar-refractivity contribution >= 4 is 75.8 Å². The molecular weight excluding hydrogens is 617 g/mol. The lowest BCUT2D eigenvalue weighted by molar-refractivity contribution is 0.673. The molecule has 0 N–H and O–H groups in total. The van der Waals surface area contributed by atoms with Gasteiger partial charge in [0.25, 0.3) is 0 Å². The van der Waals surface area contributed by atoms with Crippen LogP contribution in [0.5, 0.6) is 0 Å². The third-order valence-corrected chi connectivity index (χ3v) is 9.76. The molecule has 0 radical (unpaired) electrons. The maximum Gasteiger partial charge on any atom is 0.143 e. The third-order valence-electron chi connectivity index (χ3n) is 9.76. The highest BCUT2D eigenvalue weighted by Crippen LogP contribution is 2.46. The molecule has 0 bridgehead atoms. The minimum Gasteiger partial charge on any atom is -0.455 e. The summed E-state index contributed by atoms with van der Waals surface area (Å²) in [6, 6.07) is 19.1. The van der Waals surface area contributed by atoms with Gasteiger partial charge in [0.2, 0.25) is 0 Å². The SMILES string of the molecule is [2H]c1c([2H])c([2H])c2c(-c3c4c([2H])c([2H])c([2H])c([2H])c4c(-c4ccc5cc(-c6cccc7oc8c9ccccc9ccc8c67)ccc5c4)c4c([2H])c([2H])c([2H])c([2H])c34)c([2H])c([2H])c([2H])c2c1[2H]. The lowest BCUT2D eigenvalue weighted by Gasteiger charge is -2.19. The molecule has 0 aliphatic rings. The van der Waals surface area contributed by atoms with E-state index in [0.29, 0.717) is 10.9 Å². The van der Waals surface area contributed by atoms with Gasteiger partial charge in [0.1, 0.15) is 11.2 Å². The van der Waals surface area contributed by atoms with Crippen molar-refractivity contribution in [3.05, 3.63) is 182 Å². The highest BCUT2D eigenvalue weighted by molar-refractivity contribution is 6.24. The minimum atomic E-state index is -0.755. The van der Waals surface area contributed by atoms with Crippen molar-refractivity contribution in [2.24, 2.45) is 0 Å². The average molecular weight is 662 g/mol. The minimum absolute atomic E-state index is 0.0385. The van der Waals surface area contributed by atoms with Gasteiger partial charge >= 0.3 is 0 Å². The van der Waals surface area contributed by atoms with Gasteiger partial charge in [0.15, 0.2) is 0 Å². The standard InChI is InChI=1S/C50H30O/c1-3-14-37-31(11-1)13-9-21-40(37)48-43-18-7-5-16-41(43)47(42-17-6-8-19-44(42)48)36-26-24-33-29-35(25-23-34(33)30-36)38-20-10-22-46-49(38)45-28-27-32-12-2-4-15-39(32)50(45)51-46/h1-30H/i1D,3D,5D,6D,7D,8D,9D,11D,13D,14D,16D,17D,18D,19D,21D. The number of fused-ring (bicyclic) bond motifs is 9. The van der Waals surface area contributed by atoms with E-state index < -0.39 is 107 Å². The molecule has 11 aromatic rings. The van der Waals surface area contributed by atoms with Crippen LogP contribution in [0.1, 0.15) is 20.6 Å². The molecule has 1 nitrogen and oxygen atoms in total. The molecule has 0 fully saturated rings. The fraction of sp³-hybridized carbons (Fsp3) is 0. The third kappa shape index (κ3) is 4.22. The Balaban J connectivity index is 1.25. The predicted octanol–water partition coefficient (Wildman–Crippen LogP) is 14.4. The van der Waals surface area contributed by atoms with Crippen molar-refractivity contribution in [1.82, 2.24) is 0 Å². The Labute approximate surface area is 315 Å². The monoisotopic (exact) mass is 661 g/mol. The summed E-state index contributed by atoms with van der Waals surface area (Å²) in [6.07, 6.45) is 0. The molecule has 0 unspecified atom stereocenters. The second-order valence-corrected chi connectivity index (χ2v) is 12.5. The van der Waals surface area contributed by atoms with Crippen LogP contribution >= 0.6 is 0 Å². The maximum absolute atomic E-state index is 9.42. The number of rotatable bonds is 3. The van der Waals surface area contributed by atoms with Crippen LogP contribution in [-0.2, 0) is 0 Å². The van der Waals surface area contributed by atoms with E-state index >= 15 is 0 Å². The molecule has 1 aromatic heterocycles. The van der Waals surface area contributed by atoms with Gasteiger partial charge in [0, 0.05) is 16.2 Å². The van der Waals surface area contributed by atoms with Crippen LogP contribution in [-0.4, -0.2) is 0 Å². The first-order chi connectivity index (χ1) is 31.5. The van der Waals surface area contributed by atoms with E-state index in [1.165, 1.54) is 0 Å². The van der Waals surface area contributed by atoms with Crippen LogP contribution in [0.2, 0.25) is 0 Å². The van der Waals surface area contributed by atoms with Gasteiger partial charge in [-0.1, -0.05) is 157 Å². The molecule has 0 saturated carbocycles. The first-order valence-corrected chi connectivity index (χ1v) is 16.4. The lowest BCUT2D eigenvalue weighted by Crippen LogP contribution is -1.91. The molecule has 0 spiro atoms. The number of furan rings is 1. The summed E-state index contributed by atoms with van der Waals surface area (Å²) < 4.78 is 141. The van der Waals surface area contributed by atoms with Crippen molar-refractivity contribution in [1.29, 1.82) is 0 Å². The molecule has 0 atom stereocenters. The van der Waals surface area contributed by atoms with Gasteiger partial charge in [0.05, 0.1) is 20.6 Å². The van der Waals surface area contributed by atoms with Gasteiger partial charge < -0.3 is 4.42 Å². The fourth-order valence-electron chi connectivity index (χ4n) is 7.53. The zero-order valence-electron chi connectivity index (χ0n) is 41.6. The molecule has 0 saturated heterocycles. The van der Waals surface area contributed by atoms with E-state index in [4.69, 9.17) is 18.1 Å². The Kier molecular flexibility index (Phi) is 3.70. The van der Waals surface area contributed by atoms with E-state index in [-0.39, 0.29) is 32.7 Å². The van der Waals surface area contributed by atoms with Crippen molar-refractivity contribution in [3.63, 3.8) is 0 Å². The highest BCUT2D eigenvalue weighted by atomic mass is 16.3. The topological polar surface area (TPSA) is 13.1 Å². The Morgan fingerprint density at radius 1 is 0.373 bits per heavy atom. The molecule has 1 heteroatoms. The van der Waals surface area contributed by atoms with Gasteiger partial charge in [-0.2, -0.15) is 0 Å². The number of hydrogen-bond acceptors (Lipinski definition) is 1. The van der Waals surface area contributed by atoms with Crippen molar-refractivity contribution in [2.75, 3.05) is 0 Å². The van der Waals surface area contributed by atoms with Crippen LogP contribution in [0, 0.1) is 0 Å². The van der Waals surface area contributed by atoms with Crippen LogP contribution < -0.4 is 0 Å². The van der Waals surface area contributed by atoms with Gasteiger partial charge in [-0.25, -0.2) is 0 Å². The van der Waals surface area contributed by atoms with Crippen LogP contribution in [0.3, 0.4) is 0 Å². The van der Waals surface area contributed by atoms with E-state index in [2.05, 4.69) is 12.1 Å². The second kappa shape index (κ2) is 10.9. The molecule has 0 amide bonds. The smallest absolute Gasteiger partial charge is 0.143 e. The fourth-order valence-corrected chi connectivity index (χ4v) is 7.53. The molecule has 0 aliphatic carbocycles. The molecule has 51 heavy (non-hydrogen) atoms. The van der Waals surface area contributed by atoms with E-state index in [9.17, 15) is 6.85 Å². The van der Waals surface area contributed by atoms with E-state index in [1.54, 1.807) is 12.1 Å². The summed E-state index contributed by atoms with van der Waals surface area (Å²) in [4.78, 5) is 0. The van der Waals surface area contributed by atoms with Crippen LogP contribution in [0.25, 0.3) is 109 Å². The summed E-state index contributed by atoms with van der Waals surface area (Å²) in [5.74, 6) is 0. The summed E-state index contributed by atoms with van der Waals surface area (Å²) in [7, 11) is 0. The summed E-state index contributed by atoms with van der Waals surface area (Å²) >= 11 is 0. The Hall–Kier alpha value is -6.70. The zero-order valence-corrected chi connectivity index (χ0v) is 26.6. The Morgan fingerprint density at radius 3 is 1.78 bits per heavy atom. The molecular formula is C50H30O. The largest absolute Gasteiger partial charge is 0.455 e. The van der Waals surface area contributed by atoms with Crippen molar-refractivity contribution < 1.29 is 25.0 Å². The quantitative estimate of drug-likeness (QED) is 0.172. The second-order valence-electron chi connectivity index (χ2n) is 12.5. The van der Waals surface area contributed by atoms with Crippen LogP contribution in [0.4, 0.5) is 0 Å². The van der Waals surface area contributed by atoms with E-state index in [0.717, 1.165) is 49.2 Å². The van der Waals surface area contributed by atoms with Crippen LogP contribution in [0.15, 0.2) is 186 Å². The maximum atomic E-state index is 9.42. The Bertz CT molecular complexity index is 3970. The normalized spacial score (nSPS) is 16.0. The molecule has 0 aliphatic heterocycles. The number of benzene rings is 10. The first kappa shape index (κ1) is 17.3. The molecule has 236 valence electrons. The average Bonchev–Trinajstić information content (AvgIpc) is 3.72. The molecule has 1 heterocycles. The summed E-state index contributed by atoms with van der Waals surface area (Å²) in [6.45, 7) is 0. The van der Waals surface area contributed by atoms with E-state index in [1.807, 2.05) is 66.7 Å². The number of hydrogen-bond donors (Lipinski definition) is 0. The lowest BCUT2D eigenvalue weighted by atomic mass is 9.84. The Morgan fingerprint density at radius 2 is 1.00 bits per heavy atom. The first-order valence-electron chi connectivity index (χ1n) is 23.9. The van der Waals surface area contributed by atoms with Gasteiger partial charge in [-0.3, -0.25) is 0 Å². The van der Waals surface area contributed by atoms with Crippen molar-refractivity contribution in [3.8, 4) is 33.4 Å². The highest BCUT2D eigenvalue weighted by Gasteiger charge is 2.19. The zero-order chi connectivity index (χ0) is 46.5. The molecule has 10 aromatic carbocycles. The summed E-state index contributed by atoms with van der Waals surface area (Å²) in [5, 5.41) is 3.68. The van der Waals surface area contributed by atoms with Gasteiger partial charge in [-0.05, 0) is 106 Å². The predicted molar refractivity (Wildman–Crippen MR) is 218 cm³/mol. The summed E-state index contributed by atoms with van der Waals surface area (Å²) in [5.41, 5.74) is 2.93. The van der Waals surface area contributed by atoms with Crippen molar-refractivity contribution in [2.45, 2.75) is 0 Å². The van der Waals surface area contributed by atoms with Gasteiger partial charge in [-0.15, -0.1) is 0 Å². The molecule has 11 rings (SSSR count).